The predicted octanol–water partition coefficient (Wildman–Crippen LogP) is 4.24. The van der Waals surface area contributed by atoms with Gasteiger partial charge in [-0.15, -0.1) is 0 Å². The molecule has 1 aromatic rings. The van der Waals surface area contributed by atoms with Crippen molar-refractivity contribution in [3.63, 3.8) is 0 Å². The molecule has 0 spiro atoms. The molecule has 0 aromatic heterocycles. The number of hydrogen-bond acceptors (Lipinski definition) is 2. The Morgan fingerprint density at radius 2 is 1.89 bits per heavy atom. The van der Waals surface area contributed by atoms with Crippen LogP contribution in [0.15, 0.2) is 28.7 Å². The van der Waals surface area contributed by atoms with Crippen LogP contribution in [0.1, 0.15) is 33.6 Å². The van der Waals surface area contributed by atoms with Crippen molar-refractivity contribution in [1.82, 2.24) is 5.32 Å². The van der Waals surface area contributed by atoms with Crippen LogP contribution >= 0.6 is 15.9 Å². The molecular weight excluding hydrogens is 290 g/mol. The quantitative estimate of drug-likeness (QED) is 0.775. The zero-order valence-electron chi connectivity index (χ0n) is 11.6. The Bertz CT molecular complexity index is 326. The van der Waals surface area contributed by atoms with E-state index in [0.717, 1.165) is 29.8 Å². The van der Waals surface area contributed by atoms with Gasteiger partial charge in [0.15, 0.2) is 0 Å². The highest BCUT2D eigenvalue weighted by molar-refractivity contribution is 9.10. The standard InChI is InChI=1S/C15H24BrNO/c1-4-10-17-13(3)12(2)9-11-18-15-7-5-14(16)6-8-15/h5-8,12-13,17H,4,9-11H2,1-3H3. The fraction of sp³-hybridized carbons (Fsp3) is 0.600. The van der Waals surface area contributed by atoms with Crippen molar-refractivity contribution in [2.45, 2.75) is 39.7 Å². The first kappa shape index (κ1) is 15.5. The lowest BCUT2D eigenvalue weighted by Crippen LogP contribution is -2.33. The van der Waals surface area contributed by atoms with Crippen LogP contribution in [0.4, 0.5) is 0 Å². The van der Waals surface area contributed by atoms with Gasteiger partial charge in [-0.1, -0.05) is 29.8 Å². The number of nitrogens with one attached hydrogen (secondary N) is 1. The summed E-state index contributed by atoms with van der Waals surface area (Å²) < 4.78 is 6.82. The van der Waals surface area contributed by atoms with E-state index in [1.165, 1.54) is 6.42 Å². The minimum absolute atomic E-state index is 0.554. The van der Waals surface area contributed by atoms with Gasteiger partial charge in [-0.25, -0.2) is 0 Å². The van der Waals surface area contributed by atoms with E-state index in [1.54, 1.807) is 0 Å². The summed E-state index contributed by atoms with van der Waals surface area (Å²) in [4.78, 5) is 0. The molecule has 2 atom stereocenters. The van der Waals surface area contributed by atoms with Crippen LogP contribution in [0.5, 0.6) is 5.75 Å². The highest BCUT2D eigenvalue weighted by atomic mass is 79.9. The second kappa shape index (κ2) is 8.54. The van der Waals surface area contributed by atoms with E-state index >= 15 is 0 Å². The number of benzene rings is 1. The number of ether oxygens (including phenoxy) is 1. The average Bonchev–Trinajstić information content (AvgIpc) is 2.38. The van der Waals surface area contributed by atoms with Crippen LogP contribution in [0, 0.1) is 5.92 Å². The highest BCUT2D eigenvalue weighted by Gasteiger charge is 2.10. The summed E-state index contributed by atoms with van der Waals surface area (Å²) >= 11 is 3.42. The second-order valence-electron chi connectivity index (χ2n) is 4.81. The highest BCUT2D eigenvalue weighted by Crippen LogP contribution is 2.17. The van der Waals surface area contributed by atoms with E-state index < -0.39 is 0 Å². The molecule has 0 bridgehead atoms. The smallest absolute Gasteiger partial charge is 0.119 e. The fourth-order valence-electron chi connectivity index (χ4n) is 1.72. The monoisotopic (exact) mass is 313 g/mol. The Hall–Kier alpha value is -0.540. The van der Waals surface area contributed by atoms with E-state index in [2.05, 4.69) is 42.0 Å². The maximum absolute atomic E-state index is 5.74. The van der Waals surface area contributed by atoms with Crippen molar-refractivity contribution in [3.8, 4) is 5.75 Å². The topological polar surface area (TPSA) is 21.3 Å². The van der Waals surface area contributed by atoms with Crippen molar-refractivity contribution in [1.29, 1.82) is 0 Å². The molecule has 0 aliphatic heterocycles. The van der Waals surface area contributed by atoms with Gasteiger partial charge in [0.25, 0.3) is 0 Å². The lowest BCUT2D eigenvalue weighted by atomic mass is 10.0. The van der Waals surface area contributed by atoms with Gasteiger partial charge in [0, 0.05) is 10.5 Å². The van der Waals surface area contributed by atoms with Gasteiger partial charge < -0.3 is 10.1 Å². The van der Waals surface area contributed by atoms with Gasteiger partial charge in [0.2, 0.25) is 0 Å². The molecule has 1 aromatic carbocycles. The van der Waals surface area contributed by atoms with Crippen molar-refractivity contribution in [2.75, 3.05) is 13.2 Å². The predicted molar refractivity (Wildman–Crippen MR) is 81.2 cm³/mol. The minimum Gasteiger partial charge on any atom is -0.494 e. The minimum atomic E-state index is 0.554. The van der Waals surface area contributed by atoms with Crippen molar-refractivity contribution >= 4 is 15.9 Å². The van der Waals surface area contributed by atoms with Crippen molar-refractivity contribution < 1.29 is 4.74 Å². The molecular formula is C15H24BrNO. The molecule has 0 radical (unpaired) electrons. The van der Waals surface area contributed by atoms with E-state index in [-0.39, 0.29) is 0 Å². The first-order valence-electron chi connectivity index (χ1n) is 6.75. The van der Waals surface area contributed by atoms with Gasteiger partial charge in [0.05, 0.1) is 6.61 Å². The van der Waals surface area contributed by atoms with E-state index in [1.807, 2.05) is 24.3 Å². The van der Waals surface area contributed by atoms with Gasteiger partial charge >= 0.3 is 0 Å². The third-order valence-corrected chi connectivity index (χ3v) is 3.75. The zero-order chi connectivity index (χ0) is 13.4. The Balaban J connectivity index is 2.22. The molecule has 18 heavy (non-hydrogen) atoms. The summed E-state index contributed by atoms with van der Waals surface area (Å²) in [5.41, 5.74) is 0. The van der Waals surface area contributed by atoms with E-state index in [9.17, 15) is 0 Å². The summed E-state index contributed by atoms with van der Waals surface area (Å²) in [5, 5.41) is 3.53. The molecule has 3 heteroatoms. The molecule has 0 saturated carbocycles. The summed E-state index contributed by atoms with van der Waals surface area (Å²) in [7, 11) is 0. The normalized spacial score (nSPS) is 14.2. The fourth-order valence-corrected chi connectivity index (χ4v) is 1.98. The molecule has 0 aliphatic carbocycles. The number of halogens is 1. The number of hydrogen-bond donors (Lipinski definition) is 1. The lowest BCUT2D eigenvalue weighted by molar-refractivity contribution is 0.261. The molecule has 0 aliphatic rings. The first-order chi connectivity index (χ1) is 8.63. The van der Waals surface area contributed by atoms with Crippen LogP contribution in [0.3, 0.4) is 0 Å². The summed E-state index contributed by atoms with van der Waals surface area (Å²) in [6, 6.07) is 8.55. The summed E-state index contributed by atoms with van der Waals surface area (Å²) in [6.07, 6.45) is 2.26. The third kappa shape index (κ3) is 5.87. The van der Waals surface area contributed by atoms with Crippen LogP contribution in [-0.2, 0) is 0 Å². The molecule has 102 valence electrons. The molecule has 1 rings (SSSR count). The Kier molecular flexibility index (Phi) is 7.36. The molecule has 1 N–H and O–H groups in total. The van der Waals surface area contributed by atoms with E-state index in [4.69, 9.17) is 4.74 Å². The summed E-state index contributed by atoms with van der Waals surface area (Å²) in [5.74, 6) is 1.58. The summed E-state index contributed by atoms with van der Waals surface area (Å²) in [6.45, 7) is 8.60. The molecule has 0 amide bonds. The SMILES string of the molecule is CCCNC(C)C(C)CCOc1ccc(Br)cc1. The maximum Gasteiger partial charge on any atom is 0.119 e. The lowest BCUT2D eigenvalue weighted by Gasteiger charge is -2.21. The average molecular weight is 314 g/mol. The third-order valence-electron chi connectivity index (χ3n) is 3.23. The zero-order valence-corrected chi connectivity index (χ0v) is 13.2. The Labute approximate surface area is 119 Å². The van der Waals surface area contributed by atoms with Crippen LogP contribution < -0.4 is 10.1 Å². The van der Waals surface area contributed by atoms with E-state index in [0.29, 0.717) is 12.0 Å². The van der Waals surface area contributed by atoms with Gasteiger partial charge in [0.1, 0.15) is 5.75 Å². The van der Waals surface area contributed by atoms with Crippen LogP contribution in [0.2, 0.25) is 0 Å². The van der Waals surface area contributed by atoms with Crippen molar-refractivity contribution in [3.05, 3.63) is 28.7 Å². The van der Waals surface area contributed by atoms with Crippen LogP contribution in [0.25, 0.3) is 0 Å². The van der Waals surface area contributed by atoms with Gasteiger partial charge in [-0.2, -0.15) is 0 Å². The van der Waals surface area contributed by atoms with Gasteiger partial charge in [-0.05, 0) is 56.5 Å². The second-order valence-corrected chi connectivity index (χ2v) is 5.73. The molecule has 0 saturated heterocycles. The first-order valence-corrected chi connectivity index (χ1v) is 7.54. The van der Waals surface area contributed by atoms with Crippen molar-refractivity contribution in [2.24, 2.45) is 5.92 Å². The van der Waals surface area contributed by atoms with Gasteiger partial charge in [-0.3, -0.25) is 0 Å². The molecule has 0 heterocycles. The Morgan fingerprint density at radius 1 is 1.22 bits per heavy atom. The molecule has 2 unspecified atom stereocenters. The molecule has 2 nitrogen and oxygen atoms in total. The maximum atomic E-state index is 5.74. The Morgan fingerprint density at radius 3 is 2.50 bits per heavy atom. The molecule has 0 fully saturated rings. The largest absolute Gasteiger partial charge is 0.494 e. The van der Waals surface area contributed by atoms with Crippen LogP contribution in [-0.4, -0.2) is 19.2 Å². The number of rotatable bonds is 8.